The standard InChI is InChI=1S/C35H56N2O/c1-36(2)33-27-23-31(24-28-33)19-15-11-7-5-9-13-17-21-35(38)22-18-14-10-6-8-12-16-20-32-25-29-34(30-26-32)37(3)4/h23-30H,5-22H2,1-4H3. The van der Waals surface area contributed by atoms with Crippen LogP contribution in [0.15, 0.2) is 48.5 Å². The number of carbonyl (C=O) groups is 1. The topological polar surface area (TPSA) is 23.6 Å². The fraction of sp³-hybridized carbons (Fsp3) is 0.629. The van der Waals surface area contributed by atoms with Gasteiger partial charge in [-0.3, -0.25) is 4.79 Å². The van der Waals surface area contributed by atoms with Crippen LogP contribution >= 0.6 is 0 Å². The maximum absolute atomic E-state index is 12.2. The molecule has 0 atom stereocenters. The highest BCUT2D eigenvalue weighted by atomic mass is 16.1. The molecule has 0 heterocycles. The third-order valence-electron chi connectivity index (χ3n) is 7.75. The molecule has 2 aromatic carbocycles. The van der Waals surface area contributed by atoms with Crippen molar-refractivity contribution < 1.29 is 4.79 Å². The van der Waals surface area contributed by atoms with Crippen LogP contribution < -0.4 is 9.80 Å². The zero-order chi connectivity index (χ0) is 27.4. The summed E-state index contributed by atoms with van der Waals surface area (Å²) < 4.78 is 0. The maximum Gasteiger partial charge on any atom is 0.132 e. The van der Waals surface area contributed by atoms with Crippen LogP contribution in [0.2, 0.25) is 0 Å². The molecule has 0 aliphatic carbocycles. The van der Waals surface area contributed by atoms with Gasteiger partial charge in [0, 0.05) is 52.4 Å². The van der Waals surface area contributed by atoms with Crippen molar-refractivity contribution >= 4 is 17.2 Å². The summed E-state index contributed by atoms with van der Waals surface area (Å²) in [7, 11) is 8.35. The minimum Gasteiger partial charge on any atom is -0.378 e. The Morgan fingerprint density at radius 2 is 0.737 bits per heavy atom. The van der Waals surface area contributed by atoms with Crippen LogP contribution in [0.25, 0.3) is 0 Å². The molecule has 0 saturated carbocycles. The molecule has 0 fully saturated rings. The Kier molecular flexibility index (Phi) is 16.6. The average molecular weight is 521 g/mol. The van der Waals surface area contributed by atoms with Crippen LogP contribution in [0.1, 0.15) is 114 Å². The van der Waals surface area contributed by atoms with Gasteiger partial charge < -0.3 is 9.80 Å². The number of benzene rings is 2. The summed E-state index contributed by atoms with van der Waals surface area (Å²) in [6.45, 7) is 0. The van der Waals surface area contributed by atoms with E-state index < -0.39 is 0 Å². The number of Topliss-reactive ketones (excluding diaryl/α,β-unsaturated/α-hetero) is 1. The van der Waals surface area contributed by atoms with Gasteiger partial charge >= 0.3 is 0 Å². The van der Waals surface area contributed by atoms with Gasteiger partial charge in [0.05, 0.1) is 0 Å². The lowest BCUT2D eigenvalue weighted by atomic mass is 10.0. The largest absolute Gasteiger partial charge is 0.378 e. The van der Waals surface area contributed by atoms with Crippen LogP contribution in [0.4, 0.5) is 11.4 Å². The molecule has 0 aliphatic heterocycles. The van der Waals surface area contributed by atoms with Crippen molar-refractivity contribution in [1.82, 2.24) is 0 Å². The third-order valence-corrected chi connectivity index (χ3v) is 7.75. The molecule has 0 saturated heterocycles. The molecule has 3 nitrogen and oxygen atoms in total. The van der Waals surface area contributed by atoms with E-state index in [-0.39, 0.29) is 0 Å². The molecule has 0 unspecified atom stereocenters. The molecule has 3 heteroatoms. The van der Waals surface area contributed by atoms with Crippen LogP contribution in [0.3, 0.4) is 0 Å². The number of unbranched alkanes of at least 4 members (excludes halogenated alkanes) is 12. The number of nitrogens with zero attached hydrogens (tertiary/aromatic N) is 2. The lowest BCUT2D eigenvalue weighted by molar-refractivity contribution is -0.119. The first kappa shape index (κ1) is 31.9. The number of hydrogen-bond donors (Lipinski definition) is 0. The molecular formula is C35H56N2O. The Morgan fingerprint density at radius 3 is 1.05 bits per heavy atom. The van der Waals surface area contributed by atoms with Crippen molar-refractivity contribution in [1.29, 1.82) is 0 Å². The van der Waals surface area contributed by atoms with Gasteiger partial charge in [0.2, 0.25) is 0 Å². The first-order chi connectivity index (χ1) is 18.5. The maximum atomic E-state index is 12.2. The van der Waals surface area contributed by atoms with E-state index in [0.717, 1.165) is 25.7 Å². The van der Waals surface area contributed by atoms with Gasteiger partial charge in [-0.15, -0.1) is 0 Å². The van der Waals surface area contributed by atoms with Gasteiger partial charge in [-0.05, 0) is 73.9 Å². The summed E-state index contributed by atoms with van der Waals surface area (Å²) in [5.74, 6) is 0.491. The molecule has 0 amide bonds. The van der Waals surface area contributed by atoms with Crippen molar-refractivity contribution in [2.24, 2.45) is 0 Å². The Hall–Kier alpha value is -2.29. The Labute approximate surface area is 235 Å². The van der Waals surface area contributed by atoms with Gasteiger partial charge in [0.1, 0.15) is 5.78 Å². The predicted molar refractivity (Wildman–Crippen MR) is 168 cm³/mol. The molecule has 2 rings (SSSR count). The van der Waals surface area contributed by atoms with Gasteiger partial charge in [-0.25, -0.2) is 0 Å². The average Bonchev–Trinajstić information content (AvgIpc) is 2.91. The smallest absolute Gasteiger partial charge is 0.132 e. The molecule has 0 spiro atoms. The number of carbonyl (C=O) groups excluding carboxylic acids is 1. The minimum absolute atomic E-state index is 0.491. The summed E-state index contributed by atoms with van der Waals surface area (Å²) in [5.41, 5.74) is 5.44. The number of ketones is 1. The summed E-state index contributed by atoms with van der Waals surface area (Å²) in [5, 5.41) is 0. The van der Waals surface area contributed by atoms with Gasteiger partial charge in [0.15, 0.2) is 0 Å². The summed E-state index contributed by atoms with van der Waals surface area (Å²) >= 11 is 0. The number of rotatable bonds is 22. The molecular weight excluding hydrogens is 464 g/mol. The van der Waals surface area contributed by atoms with Crippen molar-refractivity contribution in [3.63, 3.8) is 0 Å². The van der Waals surface area contributed by atoms with E-state index >= 15 is 0 Å². The van der Waals surface area contributed by atoms with Crippen molar-refractivity contribution in [2.45, 2.75) is 116 Å². The van der Waals surface area contributed by atoms with Gasteiger partial charge in [-0.1, -0.05) is 88.5 Å². The Bertz CT molecular complexity index is 783. The molecule has 0 radical (unpaired) electrons. The molecule has 0 aliphatic rings. The second-order valence-corrected chi connectivity index (χ2v) is 11.6. The third kappa shape index (κ3) is 14.6. The normalized spacial score (nSPS) is 11.1. The van der Waals surface area contributed by atoms with E-state index in [9.17, 15) is 4.79 Å². The zero-order valence-electron chi connectivity index (χ0n) is 25.1. The monoisotopic (exact) mass is 520 g/mol. The Balaban J connectivity index is 1.32. The molecule has 0 N–H and O–H groups in total. The second kappa shape index (κ2) is 19.7. The lowest BCUT2D eigenvalue weighted by Crippen LogP contribution is -2.08. The van der Waals surface area contributed by atoms with Crippen LogP contribution in [-0.2, 0) is 17.6 Å². The van der Waals surface area contributed by atoms with Crippen LogP contribution in [0.5, 0.6) is 0 Å². The van der Waals surface area contributed by atoms with E-state index in [0.29, 0.717) is 5.78 Å². The minimum atomic E-state index is 0.491. The van der Waals surface area contributed by atoms with E-state index in [1.807, 2.05) is 0 Å². The fourth-order valence-corrected chi connectivity index (χ4v) is 5.12. The summed E-state index contributed by atoms with van der Waals surface area (Å²) in [6, 6.07) is 17.9. The Morgan fingerprint density at radius 1 is 0.447 bits per heavy atom. The molecule has 2 aromatic rings. The predicted octanol–water partition coefficient (Wildman–Crippen LogP) is 9.41. The number of aryl methyl sites for hydroxylation is 2. The number of hydrogen-bond acceptors (Lipinski definition) is 3. The van der Waals surface area contributed by atoms with E-state index in [1.54, 1.807) is 0 Å². The first-order valence-corrected chi connectivity index (χ1v) is 15.5. The summed E-state index contributed by atoms with van der Waals surface area (Å²) in [4.78, 5) is 16.5. The zero-order valence-corrected chi connectivity index (χ0v) is 25.1. The quantitative estimate of drug-likeness (QED) is 0.144. The lowest BCUT2D eigenvalue weighted by Gasteiger charge is -2.12. The molecule has 212 valence electrons. The fourth-order valence-electron chi connectivity index (χ4n) is 5.12. The number of anilines is 2. The van der Waals surface area contributed by atoms with Crippen LogP contribution in [0, 0.1) is 0 Å². The molecule has 38 heavy (non-hydrogen) atoms. The van der Waals surface area contributed by atoms with Crippen molar-refractivity contribution in [2.75, 3.05) is 38.0 Å². The molecule has 0 bridgehead atoms. The highest BCUT2D eigenvalue weighted by Gasteiger charge is 2.03. The van der Waals surface area contributed by atoms with E-state index in [4.69, 9.17) is 0 Å². The highest BCUT2D eigenvalue weighted by Crippen LogP contribution is 2.17. The van der Waals surface area contributed by atoms with Gasteiger partial charge in [-0.2, -0.15) is 0 Å². The van der Waals surface area contributed by atoms with Crippen molar-refractivity contribution in [3.8, 4) is 0 Å². The summed E-state index contributed by atoms with van der Waals surface area (Å²) in [6.07, 6.45) is 21.7. The van der Waals surface area contributed by atoms with E-state index in [2.05, 4.69) is 86.5 Å². The van der Waals surface area contributed by atoms with Crippen LogP contribution in [-0.4, -0.2) is 34.0 Å². The SMILES string of the molecule is CN(C)c1ccc(CCCCCCCCCC(=O)CCCCCCCCCc2ccc(N(C)C)cc2)cc1. The highest BCUT2D eigenvalue weighted by molar-refractivity contribution is 5.78. The first-order valence-electron chi connectivity index (χ1n) is 15.5. The van der Waals surface area contributed by atoms with Crippen molar-refractivity contribution in [3.05, 3.63) is 59.7 Å². The van der Waals surface area contributed by atoms with Gasteiger partial charge in [0.25, 0.3) is 0 Å². The second-order valence-electron chi connectivity index (χ2n) is 11.6. The molecule has 0 aromatic heterocycles. The van der Waals surface area contributed by atoms with E-state index in [1.165, 1.54) is 112 Å².